The number of carbonyl (C=O) groups excluding carboxylic acids is 1. The van der Waals surface area contributed by atoms with Crippen molar-refractivity contribution in [2.75, 3.05) is 6.54 Å². The van der Waals surface area contributed by atoms with Gasteiger partial charge in [-0.05, 0) is 78.6 Å². The van der Waals surface area contributed by atoms with E-state index in [1.165, 1.54) is 17.7 Å². The molecule has 0 unspecified atom stereocenters. The molecular formula is C24H22Cl2FN3O. The fraction of sp³-hybridized carbons (Fsp3) is 0.333. The van der Waals surface area contributed by atoms with Gasteiger partial charge in [0.2, 0.25) is 5.91 Å². The van der Waals surface area contributed by atoms with Crippen molar-refractivity contribution in [3.05, 3.63) is 75.3 Å². The Bertz CT molecular complexity index is 1110. The first kappa shape index (κ1) is 20.5. The Morgan fingerprint density at radius 3 is 2.58 bits per heavy atom. The van der Waals surface area contributed by atoms with Crippen LogP contribution in [0.15, 0.2) is 42.6 Å². The number of aryl methyl sites for hydroxylation is 1. The lowest BCUT2D eigenvalue weighted by Gasteiger charge is -2.31. The van der Waals surface area contributed by atoms with Gasteiger partial charge in [0, 0.05) is 34.7 Å². The van der Waals surface area contributed by atoms with E-state index < -0.39 is 0 Å². The molecule has 0 spiro atoms. The van der Waals surface area contributed by atoms with Gasteiger partial charge >= 0.3 is 0 Å². The van der Waals surface area contributed by atoms with Crippen molar-refractivity contribution < 1.29 is 9.18 Å². The third-order valence-corrected chi connectivity index (χ3v) is 7.21. The first-order valence-corrected chi connectivity index (χ1v) is 11.3. The highest BCUT2D eigenvalue weighted by molar-refractivity contribution is 6.36. The summed E-state index contributed by atoms with van der Waals surface area (Å²) in [6.45, 7) is 0.768. The summed E-state index contributed by atoms with van der Waals surface area (Å²) in [6, 6.07) is 10.1. The Balaban J connectivity index is 1.31. The maximum atomic E-state index is 13.2. The molecule has 3 aromatic rings. The number of carbonyl (C=O) groups is 1. The number of H-pyrrole nitrogens is 1. The predicted molar refractivity (Wildman–Crippen MR) is 120 cm³/mol. The van der Waals surface area contributed by atoms with Crippen LogP contribution in [-0.2, 0) is 24.1 Å². The fourth-order valence-corrected chi connectivity index (χ4v) is 5.47. The van der Waals surface area contributed by atoms with E-state index in [2.05, 4.69) is 10.2 Å². The number of rotatable bonds is 4. The highest BCUT2D eigenvalue weighted by atomic mass is 35.5. The molecule has 2 aromatic carbocycles. The standard InChI is InChI=1S/C24H22Cl2FN3O/c25-21-11-16(14-1-3-18(27)4-2-14)12-22(26)20(21)10-15-7-8-30(24(15)31)19-5-6-23-17(9-19)13-28-29-23/h1-4,11-13,15,19H,5-10H2,(H,28,29)/t15-,19-/m1/s1. The van der Waals surface area contributed by atoms with Gasteiger partial charge in [0.05, 0.1) is 5.69 Å². The zero-order valence-electron chi connectivity index (χ0n) is 16.9. The maximum absolute atomic E-state index is 13.2. The molecule has 4 nitrogen and oxygen atoms in total. The van der Waals surface area contributed by atoms with Crippen LogP contribution >= 0.6 is 23.2 Å². The summed E-state index contributed by atoms with van der Waals surface area (Å²) in [5.41, 5.74) is 4.82. The van der Waals surface area contributed by atoms with E-state index in [1.54, 1.807) is 12.1 Å². The number of fused-ring (bicyclic) bond motifs is 1. The molecule has 1 N–H and O–H groups in total. The summed E-state index contributed by atoms with van der Waals surface area (Å²) >= 11 is 13.2. The molecule has 160 valence electrons. The van der Waals surface area contributed by atoms with Crippen molar-refractivity contribution in [3.63, 3.8) is 0 Å². The molecule has 1 fully saturated rings. The quantitative estimate of drug-likeness (QED) is 0.564. The Labute approximate surface area is 190 Å². The van der Waals surface area contributed by atoms with Crippen LogP contribution < -0.4 is 0 Å². The lowest BCUT2D eigenvalue weighted by Crippen LogP contribution is -2.41. The highest BCUT2D eigenvalue weighted by Crippen LogP contribution is 2.36. The molecule has 1 aliphatic heterocycles. The van der Waals surface area contributed by atoms with Gasteiger partial charge in [0.15, 0.2) is 0 Å². The van der Waals surface area contributed by atoms with Gasteiger partial charge in [-0.15, -0.1) is 0 Å². The van der Waals surface area contributed by atoms with Crippen LogP contribution in [0.25, 0.3) is 11.1 Å². The number of likely N-dealkylation sites (tertiary alicyclic amines) is 1. The lowest BCUT2D eigenvalue weighted by molar-refractivity contribution is -0.133. The molecular weight excluding hydrogens is 436 g/mol. The van der Waals surface area contributed by atoms with Crippen LogP contribution in [0.4, 0.5) is 4.39 Å². The number of nitrogens with one attached hydrogen (secondary N) is 1. The second-order valence-electron chi connectivity index (χ2n) is 8.40. The van der Waals surface area contributed by atoms with E-state index >= 15 is 0 Å². The molecule has 1 saturated heterocycles. The van der Waals surface area contributed by atoms with Crippen molar-refractivity contribution in [3.8, 4) is 11.1 Å². The zero-order chi connectivity index (χ0) is 21.5. The van der Waals surface area contributed by atoms with E-state index in [0.29, 0.717) is 16.5 Å². The number of nitrogens with zero attached hydrogens (tertiary/aromatic N) is 2. The molecule has 1 amide bonds. The Hall–Kier alpha value is -2.37. The fourth-order valence-electron chi connectivity index (χ4n) is 4.83. The maximum Gasteiger partial charge on any atom is 0.226 e. The minimum atomic E-state index is -0.288. The van der Waals surface area contributed by atoms with Crippen molar-refractivity contribution in [2.24, 2.45) is 5.92 Å². The first-order valence-electron chi connectivity index (χ1n) is 10.6. The highest BCUT2D eigenvalue weighted by Gasteiger charge is 2.38. The Kier molecular flexibility index (Phi) is 5.49. The number of halogens is 3. The van der Waals surface area contributed by atoms with Crippen LogP contribution in [0.1, 0.15) is 29.7 Å². The van der Waals surface area contributed by atoms with Crippen LogP contribution in [0.2, 0.25) is 10.0 Å². The third kappa shape index (κ3) is 3.97. The number of hydrogen-bond acceptors (Lipinski definition) is 2. The van der Waals surface area contributed by atoms with E-state index in [-0.39, 0.29) is 23.7 Å². The number of aromatic nitrogens is 2. The lowest BCUT2D eigenvalue weighted by atomic mass is 9.92. The number of benzene rings is 2. The Morgan fingerprint density at radius 2 is 1.84 bits per heavy atom. The van der Waals surface area contributed by atoms with Gasteiger partial charge in [-0.25, -0.2) is 4.39 Å². The van der Waals surface area contributed by atoms with Gasteiger partial charge in [-0.1, -0.05) is 35.3 Å². The second-order valence-corrected chi connectivity index (χ2v) is 9.21. The minimum Gasteiger partial charge on any atom is -0.339 e. The second kappa shape index (κ2) is 8.29. The molecule has 1 aromatic heterocycles. The van der Waals surface area contributed by atoms with Crippen molar-refractivity contribution in [1.29, 1.82) is 0 Å². The van der Waals surface area contributed by atoms with Crippen LogP contribution in [-0.4, -0.2) is 33.6 Å². The summed E-state index contributed by atoms with van der Waals surface area (Å²) < 4.78 is 13.2. The SMILES string of the molecule is O=C1[C@@H](Cc2c(Cl)cc(-c3ccc(F)cc3)cc2Cl)CCN1[C@@H]1CCc2n[nH]cc2C1. The number of amides is 1. The van der Waals surface area contributed by atoms with Gasteiger partial charge in [-0.2, -0.15) is 5.10 Å². The molecule has 0 saturated carbocycles. The summed E-state index contributed by atoms with van der Waals surface area (Å²) in [4.78, 5) is 15.2. The van der Waals surface area contributed by atoms with E-state index in [4.69, 9.17) is 23.2 Å². The van der Waals surface area contributed by atoms with Gasteiger partial charge in [0.25, 0.3) is 0 Å². The summed E-state index contributed by atoms with van der Waals surface area (Å²) in [5, 5.41) is 8.30. The average molecular weight is 458 g/mol. The summed E-state index contributed by atoms with van der Waals surface area (Å²) in [5.74, 6) is -0.215. The largest absolute Gasteiger partial charge is 0.339 e. The first-order chi connectivity index (χ1) is 15.0. The molecule has 0 bridgehead atoms. The van der Waals surface area contributed by atoms with E-state index in [1.807, 2.05) is 23.2 Å². The molecule has 2 atom stereocenters. The van der Waals surface area contributed by atoms with Crippen LogP contribution in [0, 0.1) is 11.7 Å². The van der Waals surface area contributed by atoms with E-state index in [0.717, 1.165) is 54.6 Å². The number of aromatic amines is 1. The normalized spacial score (nSPS) is 20.9. The van der Waals surface area contributed by atoms with E-state index in [9.17, 15) is 9.18 Å². The zero-order valence-corrected chi connectivity index (χ0v) is 18.4. The summed E-state index contributed by atoms with van der Waals surface area (Å²) in [6.07, 6.45) is 5.99. The van der Waals surface area contributed by atoms with Gasteiger partial charge in [-0.3, -0.25) is 9.89 Å². The molecule has 31 heavy (non-hydrogen) atoms. The molecule has 1 aliphatic carbocycles. The molecule has 0 radical (unpaired) electrons. The third-order valence-electron chi connectivity index (χ3n) is 6.54. The van der Waals surface area contributed by atoms with Crippen LogP contribution in [0.5, 0.6) is 0 Å². The van der Waals surface area contributed by atoms with Crippen molar-refractivity contribution in [2.45, 2.75) is 38.1 Å². The van der Waals surface area contributed by atoms with Crippen molar-refractivity contribution >= 4 is 29.1 Å². The molecule has 2 aliphatic rings. The van der Waals surface area contributed by atoms with Crippen molar-refractivity contribution in [1.82, 2.24) is 15.1 Å². The van der Waals surface area contributed by atoms with Crippen LogP contribution in [0.3, 0.4) is 0 Å². The van der Waals surface area contributed by atoms with Gasteiger partial charge in [0.1, 0.15) is 5.82 Å². The van der Waals surface area contributed by atoms with Gasteiger partial charge < -0.3 is 4.90 Å². The Morgan fingerprint density at radius 1 is 1.10 bits per heavy atom. The molecule has 7 heteroatoms. The monoisotopic (exact) mass is 457 g/mol. The minimum absolute atomic E-state index is 0.114. The average Bonchev–Trinajstić information content (AvgIpc) is 3.37. The summed E-state index contributed by atoms with van der Waals surface area (Å²) in [7, 11) is 0. The number of hydrogen-bond donors (Lipinski definition) is 1. The topological polar surface area (TPSA) is 49.0 Å². The molecule has 2 heterocycles. The smallest absolute Gasteiger partial charge is 0.226 e. The molecule has 5 rings (SSSR count). The predicted octanol–water partition coefficient (Wildman–Crippen LogP) is 5.47.